The van der Waals surface area contributed by atoms with E-state index in [2.05, 4.69) is 4.98 Å². The molecule has 0 radical (unpaired) electrons. The van der Waals surface area contributed by atoms with Gasteiger partial charge in [0, 0.05) is 12.6 Å². The number of benzene rings is 1. The highest BCUT2D eigenvalue weighted by Gasteiger charge is 2.12. The molecule has 88 valence electrons. The summed E-state index contributed by atoms with van der Waals surface area (Å²) in [5.41, 5.74) is 1.95. The molecule has 1 aromatic carbocycles. The fourth-order valence-corrected chi connectivity index (χ4v) is 1.80. The van der Waals surface area contributed by atoms with Gasteiger partial charge in [-0.2, -0.15) is 0 Å². The number of aromatic amines is 1. The van der Waals surface area contributed by atoms with Crippen molar-refractivity contribution in [3.8, 4) is 5.75 Å². The molecule has 1 aromatic heterocycles. The molecule has 0 unspecified atom stereocenters. The van der Waals surface area contributed by atoms with Crippen LogP contribution in [-0.2, 0) is 6.42 Å². The van der Waals surface area contributed by atoms with Crippen LogP contribution in [-0.4, -0.2) is 23.2 Å². The number of hydrogen-bond donors (Lipinski definition) is 2. The van der Waals surface area contributed by atoms with Crippen LogP contribution < -0.4 is 4.74 Å². The first-order chi connectivity index (χ1) is 8.22. The van der Waals surface area contributed by atoms with Crippen LogP contribution in [0.3, 0.4) is 0 Å². The minimum absolute atomic E-state index is 0.232. The Labute approximate surface area is 98.9 Å². The van der Waals surface area contributed by atoms with Crippen LogP contribution in [0.15, 0.2) is 36.5 Å². The van der Waals surface area contributed by atoms with Gasteiger partial charge in [0.05, 0.1) is 7.11 Å². The van der Waals surface area contributed by atoms with Crippen molar-refractivity contribution < 1.29 is 14.6 Å². The van der Waals surface area contributed by atoms with Crippen molar-refractivity contribution in [2.24, 2.45) is 0 Å². The molecule has 2 N–H and O–H groups in total. The highest BCUT2D eigenvalue weighted by Crippen LogP contribution is 2.22. The number of aromatic carboxylic acids is 1. The maximum atomic E-state index is 11.0. The lowest BCUT2D eigenvalue weighted by molar-refractivity contribution is 0.0690. The van der Waals surface area contributed by atoms with Crippen molar-refractivity contribution in [1.82, 2.24) is 4.98 Å². The second-order valence-corrected chi connectivity index (χ2v) is 3.67. The molecular formula is C13H13NO3. The van der Waals surface area contributed by atoms with Gasteiger partial charge >= 0.3 is 5.97 Å². The predicted molar refractivity (Wildman–Crippen MR) is 63.6 cm³/mol. The molecule has 0 atom stereocenters. The van der Waals surface area contributed by atoms with E-state index >= 15 is 0 Å². The molecule has 4 nitrogen and oxygen atoms in total. The molecule has 0 aliphatic carbocycles. The van der Waals surface area contributed by atoms with Crippen molar-refractivity contribution in [2.75, 3.05) is 7.11 Å². The average molecular weight is 231 g/mol. The Morgan fingerprint density at radius 1 is 1.29 bits per heavy atom. The molecule has 17 heavy (non-hydrogen) atoms. The number of aromatic nitrogens is 1. The average Bonchev–Trinajstić information content (AvgIpc) is 2.78. The molecular weight excluding hydrogens is 218 g/mol. The predicted octanol–water partition coefficient (Wildman–Crippen LogP) is 2.31. The van der Waals surface area contributed by atoms with Crippen molar-refractivity contribution in [3.05, 3.63) is 53.3 Å². The number of carboxylic acid groups (broad SMARTS) is 1. The second-order valence-electron chi connectivity index (χ2n) is 3.67. The molecule has 2 rings (SSSR count). The Morgan fingerprint density at radius 2 is 2.06 bits per heavy atom. The summed E-state index contributed by atoms with van der Waals surface area (Å²) < 4.78 is 5.24. The molecule has 0 saturated heterocycles. The maximum Gasteiger partial charge on any atom is 0.352 e. The largest absolute Gasteiger partial charge is 0.496 e. The normalized spacial score (nSPS) is 10.2. The van der Waals surface area contributed by atoms with Gasteiger partial charge in [0.1, 0.15) is 11.4 Å². The van der Waals surface area contributed by atoms with Gasteiger partial charge in [0.15, 0.2) is 0 Å². The quantitative estimate of drug-likeness (QED) is 0.848. The van der Waals surface area contributed by atoms with E-state index in [0.29, 0.717) is 6.42 Å². The molecule has 0 amide bonds. The number of rotatable bonds is 4. The third-order valence-electron chi connectivity index (χ3n) is 2.62. The SMILES string of the molecule is COc1ccccc1Cc1cc[nH]c1C(=O)O. The smallest absolute Gasteiger partial charge is 0.352 e. The fraction of sp³-hybridized carbons (Fsp3) is 0.154. The van der Waals surface area contributed by atoms with Gasteiger partial charge in [-0.25, -0.2) is 4.79 Å². The first-order valence-corrected chi connectivity index (χ1v) is 5.24. The van der Waals surface area contributed by atoms with Gasteiger partial charge in [0.2, 0.25) is 0 Å². The van der Waals surface area contributed by atoms with Crippen LogP contribution in [0.4, 0.5) is 0 Å². The van der Waals surface area contributed by atoms with E-state index in [1.165, 1.54) is 0 Å². The molecule has 0 bridgehead atoms. The standard InChI is InChI=1S/C13H13NO3/c1-17-11-5-3-2-4-9(11)8-10-6-7-14-12(10)13(15)16/h2-7,14H,8H2,1H3,(H,15,16). The first kappa shape index (κ1) is 11.3. The monoisotopic (exact) mass is 231 g/mol. The van der Waals surface area contributed by atoms with E-state index < -0.39 is 5.97 Å². The molecule has 0 aliphatic rings. The molecule has 0 saturated carbocycles. The number of carboxylic acids is 1. The van der Waals surface area contributed by atoms with Crippen molar-refractivity contribution >= 4 is 5.97 Å². The highest BCUT2D eigenvalue weighted by atomic mass is 16.5. The summed E-state index contributed by atoms with van der Waals surface area (Å²) in [6.45, 7) is 0. The third-order valence-corrected chi connectivity index (χ3v) is 2.62. The van der Waals surface area contributed by atoms with Crippen LogP contribution in [0.1, 0.15) is 21.6 Å². The van der Waals surface area contributed by atoms with Gasteiger partial charge in [0.25, 0.3) is 0 Å². The maximum absolute atomic E-state index is 11.0. The van der Waals surface area contributed by atoms with Crippen molar-refractivity contribution in [2.45, 2.75) is 6.42 Å². The second kappa shape index (κ2) is 4.74. The Kier molecular flexibility index (Phi) is 3.14. The zero-order valence-corrected chi connectivity index (χ0v) is 9.43. The third kappa shape index (κ3) is 2.30. The van der Waals surface area contributed by atoms with Crippen LogP contribution in [0.25, 0.3) is 0 Å². The fourth-order valence-electron chi connectivity index (χ4n) is 1.80. The number of hydrogen-bond acceptors (Lipinski definition) is 2. The number of carbonyl (C=O) groups is 1. The zero-order valence-electron chi connectivity index (χ0n) is 9.43. The number of methoxy groups -OCH3 is 1. The minimum Gasteiger partial charge on any atom is -0.496 e. The van der Waals surface area contributed by atoms with Gasteiger partial charge in [-0.05, 0) is 23.3 Å². The lowest BCUT2D eigenvalue weighted by Crippen LogP contribution is -2.02. The van der Waals surface area contributed by atoms with Crippen molar-refractivity contribution in [3.63, 3.8) is 0 Å². The number of para-hydroxylation sites is 1. The lowest BCUT2D eigenvalue weighted by Gasteiger charge is -2.07. The summed E-state index contributed by atoms with van der Waals surface area (Å²) in [6, 6.07) is 9.36. The molecule has 4 heteroatoms. The van der Waals surface area contributed by atoms with Gasteiger partial charge in [-0.3, -0.25) is 0 Å². The first-order valence-electron chi connectivity index (χ1n) is 5.24. The van der Waals surface area contributed by atoms with E-state index in [1.807, 2.05) is 24.3 Å². The van der Waals surface area contributed by atoms with E-state index in [1.54, 1.807) is 19.4 Å². The Balaban J connectivity index is 2.31. The molecule has 0 fully saturated rings. The molecule has 0 aliphatic heterocycles. The highest BCUT2D eigenvalue weighted by molar-refractivity contribution is 5.87. The molecule has 1 heterocycles. The van der Waals surface area contributed by atoms with Crippen LogP contribution >= 0.6 is 0 Å². The van der Waals surface area contributed by atoms with Gasteiger partial charge in [-0.15, -0.1) is 0 Å². The Hall–Kier alpha value is -2.23. The summed E-state index contributed by atoms with van der Waals surface area (Å²) in [6.07, 6.45) is 2.17. The number of ether oxygens (including phenoxy) is 1. The Bertz CT molecular complexity index is 531. The van der Waals surface area contributed by atoms with Crippen LogP contribution in [0, 0.1) is 0 Å². The summed E-state index contributed by atoms with van der Waals surface area (Å²) in [5.74, 6) is -0.176. The zero-order chi connectivity index (χ0) is 12.3. The summed E-state index contributed by atoms with van der Waals surface area (Å²) in [7, 11) is 1.61. The number of H-pyrrole nitrogens is 1. The van der Waals surface area contributed by atoms with Crippen LogP contribution in [0.5, 0.6) is 5.75 Å². The summed E-state index contributed by atoms with van der Waals surface area (Å²) in [5, 5.41) is 9.00. The van der Waals surface area contributed by atoms with Gasteiger partial charge < -0.3 is 14.8 Å². The molecule has 2 aromatic rings. The topological polar surface area (TPSA) is 62.3 Å². The summed E-state index contributed by atoms with van der Waals surface area (Å²) >= 11 is 0. The lowest BCUT2D eigenvalue weighted by atomic mass is 10.0. The van der Waals surface area contributed by atoms with Gasteiger partial charge in [-0.1, -0.05) is 18.2 Å². The van der Waals surface area contributed by atoms with E-state index in [4.69, 9.17) is 9.84 Å². The Morgan fingerprint density at radius 3 is 2.76 bits per heavy atom. The van der Waals surface area contributed by atoms with Crippen LogP contribution in [0.2, 0.25) is 0 Å². The minimum atomic E-state index is -0.945. The van der Waals surface area contributed by atoms with E-state index in [9.17, 15) is 4.79 Å². The van der Waals surface area contributed by atoms with Crippen molar-refractivity contribution in [1.29, 1.82) is 0 Å². The number of nitrogens with one attached hydrogen (secondary N) is 1. The van der Waals surface area contributed by atoms with E-state index in [-0.39, 0.29) is 5.69 Å². The summed E-state index contributed by atoms with van der Waals surface area (Å²) in [4.78, 5) is 13.7. The molecule has 0 spiro atoms. The van der Waals surface area contributed by atoms with E-state index in [0.717, 1.165) is 16.9 Å².